The van der Waals surface area contributed by atoms with E-state index < -0.39 is 0 Å². The summed E-state index contributed by atoms with van der Waals surface area (Å²) in [6, 6.07) is 19.3. The monoisotopic (exact) mass is 268 g/mol. The Morgan fingerprint density at radius 3 is 2.26 bits per heavy atom. The van der Waals surface area contributed by atoms with Crippen LogP contribution in [0.4, 0.5) is 0 Å². The molecule has 2 aromatic rings. The number of benzene rings is 2. The van der Waals surface area contributed by atoms with Crippen LogP contribution in [0, 0.1) is 0 Å². The van der Waals surface area contributed by atoms with Crippen molar-refractivity contribution in [3.63, 3.8) is 0 Å². The maximum Gasteiger partial charge on any atom is 0.00693 e. The van der Waals surface area contributed by atoms with Crippen LogP contribution in [0.1, 0.15) is 24.0 Å². The molecule has 1 heteroatoms. The summed E-state index contributed by atoms with van der Waals surface area (Å²) in [7, 11) is 0. The molecule has 0 radical (unpaired) electrons. The van der Waals surface area contributed by atoms with E-state index in [-0.39, 0.29) is 0 Å². The zero-order chi connectivity index (χ0) is 13.7. The summed E-state index contributed by atoms with van der Waals surface area (Å²) in [5, 5.41) is 0. The second kappa shape index (κ2) is 6.63. The van der Waals surface area contributed by atoms with E-state index in [2.05, 4.69) is 74.4 Å². The first-order valence-corrected chi connectivity index (χ1v) is 7.78. The third kappa shape index (κ3) is 3.74. The van der Waals surface area contributed by atoms with Crippen molar-refractivity contribution in [1.29, 1.82) is 0 Å². The van der Waals surface area contributed by atoms with Crippen molar-refractivity contribution in [3.8, 4) is 0 Å². The number of thioether (sulfide) groups is 1. The van der Waals surface area contributed by atoms with Crippen LogP contribution in [0.25, 0.3) is 0 Å². The lowest BCUT2D eigenvalue weighted by Crippen LogP contribution is -2.00. The molecule has 2 rings (SSSR count). The minimum absolute atomic E-state index is 0.399. The van der Waals surface area contributed by atoms with Gasteiger partial charge in [0, 0.05) is 10.8 Å². The largest absolute Gasteiger partial charge is 0.130 e. The van der Waals surface area contributed by atoms with Crippen LogP contribution in [-0.4, -0.2) is 6.26 Å². The third-order valence-electron chi connectivity index (χ3n) is 3.50. The van der Waals surface area contributed by atoms with Gasteiger partial charge < -0.3 is 0 Å². The second-order valence-corrected chi connectivity index (χ2v) is 5.70. The maximum atomic E-state index is 4.26. The smallest absolute Gasteiger partial charge is 0.00693 e. The van der Waals surface area contributed by atoms with Gasteiger partial charge in [0.1, 0.15) is 0 Å². The van der Waals surface area contributed by atoms with Gasteiger partial charge in [-0.05, 0) is 35.9 Å². The van der Waals surface area contributed by atoms with E-state index in [0.717, 1.165) is 6.42 Å². The number of hydrogen-bond acceptors (Lipinski definition) is 1. The van der Waals surface area contributed by atoms with Gasteiger partial charge in [0.15, 0.2) is 0 Å². The van der Waals surface area contributed by atoms with E-state index >= 15 is 0 Å². The summed E-state index contributed by atoms with van der Waals surface area (Å²) >= 11 is 1.78. The quantitative estimate of drug-likeness (QED) is 0.523. The minimum atomic E-state index is 0.399. The summed E-state index contributed by atoms with van der Waals surface area (Å²) < 4.78 is 0. The normalized spacial score (nSPS) is 12.1. The number of allylic oxidation sites excluding steroid dienone is 1. The Kier molecular flexibility index (Phi) is 4.86. The Morgan fingerprint density at radius 2 is 1.68 bits per heavy atom. The predicted octanol–water partition coefficient (Wildman–Crippen LogP) is 5.31. The van der Waals surface area contributed by atoms with Crippen molar-refractivity contribution in [2.75, 3.05) is 6.26 Å². The Labute approximate surface area is 120 Å². The standard InChI is InChI=1S/C18H20S/c1-14(13-16-7-5-4-6-8-16)15(2)17-9-11-18(19-3)12-10-17/h4-12,15H,1,13H2,2-3H3/t15-/m0/s1. The highest BCUT2D eigenvalue weighted by molar-refractivity contribution is 7.98. The highest BCUT2D eigenvalue weighted by Crippen LogP contribution is 2.27. The van der Waals surface area contributed by atoms with Crippen LogP contribution in [0.3, 0.4) is 0 Å². The van der Waals surface area contributed by atoms with Gasteiger partial charge in [0.2, 0.25) is 0 Å². The van der Waals surface area contributed by atoms with Gasteiger partial charge in [0.05, 0.1) is 0 Å². The molecule has 0 unspecified atom stereocenters. The molecule has 98 valence electrons. The lowest BCUT2D eigenvalue weighted by molar-refractivity contribution is 0.855. The van der Waals surface area contributed by atoms with Gasteiger partial charge in [0.25, 0.3) is 0 Å². The molecule has 0 spiro atoms. The zero-order valence-electron chi connectivity index (χ0n) is 11.6. The van der Waals surface area contributed by atoms with E-state index in [1.807, 2.05) is 0 Å². The van der Waals surface area contributed by atoms with Crippen LogP contribution in [0.15, 0.2) is 71.6 Å². The van der Waals surface area contributed by atoms with E-state index in [1.165, 1.54) is 21.6 Å². The first-order valence-electron chi connectivity index (χ1n) is 6.56. The molecule has 0 fully saturated rings. The molecule has 0 aliphatic rings. The van der Waals surface area contributed by atoms with Gasteiger partial charge >= 0.3 is 0 Å². The van der Waals surface area contributed by atoms with E-state index in [1.54, 1.807) is 11.8 Å². The van der Waals surface area contributed by atoms with Crippen LogP contribution in [-0.2, 0) is 6.42 Å². The second-order valence-electron chi connectivity index (χ2n) is 4.82. The van der Waals surface area contributed by atoms with Crippen molar-refractivity contribution >= 4 is 11.8 Å². The minimum Gasteiger partial charge on any atom is -0.130 e. The van der Waals surface area contributed by atoms with Gasteiger partial charge in [-0.1, -0.05) is 61.5 Å². The van der Waals surface area contributed by atoms with Crippen LogP contribution in [0.2, 0.25) is 0 Å². The van der Waals surface area contributed by atoms with Crippen molar-refractivity contribution in [2.24, 2.45) is 0 Å². The average Bonchev–Trinajstić information content (AvgIpc) is 2.47. The fraction of sp³-hybridized carbons (Fsp3) is 0.222. The Balaban J connectivity index is 2.06. The molecule has 0 saturated carbocycles. The molecule has 0 nitrogen and oxygen atoms in total. The lowest BCUT2D eigenvalue weighted by Gasteiger charge is -2.16. The van der Waals surface area contributed by atoms with E-state index in [0.29, 0.717) is 5.92 Å². The highest BCUT2D eigenvalue weighted by atomic mass is 32.2. The molecular formula is C18H20S. The SMILES string of the molecule is C=C(Cc1ccccc1)[C@H](C)c1ccc(SC)cc1. The first kappa shape index (κ1) is 14.0. The van der Waals surface area contributed by atoms with Crippen LogP contribution in [0.5, 0.6) is 0 Å². The number of rotatable bonds is 5. The van der Waals surface area contributed by atoms with Crippen molar-refractivity contribution in [2.45, 2.75) is 24.2 Å². The molecule has 0 aliphatic carbocycles. The van der Waals surface area contributed by atoms with Crippen LogP contribution >= 0.6 is 11.8 Å². The van der Waals surface area contributed by atoms with Crippen molar-refractivity contribution < 1.29 is 0 Å². The molecule has 0 saturated heterocycles. The number of hydrogen-bond donors (Lipinski definition) is 0. The molecule has 0 heterocycles. The molecule has 0 N–H and O–H groups in total. The summed E-state index contributed by atoms with van der Waals surface area (Å²) in [5.74, 6) is 0.399. The zero-order valence-corrected chi connectivity index (χ0v) is 12.4. The molecule has 0 bridgehead atoms. The van der Waals surface area contributed by atoms with Crippen molar-refractivity contribution in [3.05, 3.63) is 77.9 Å². The van der Waals surface area contributed by atoms with Gasteiger partial charge in [-0.2, -0.15) is 0 Å². The Hall–Kier alpha value is -1.47. The highest BCUT2D eigenvalue weighted by Gasteiger charge is 2.10. The fourth-order valence-electron chi connectivity index (χ4n) is 2.14. The topological polar surface area (TPSA) is 0 Å². The average molecular weight is 268 g/mol. The first-order chi connectivity index (χ1) is 9.20. The summed E-state index contributed by atoms with van der Waals surface area (Å²) in [5.41, 5.74) is 3.95. The predicted molar refractivity (Wildman–Crippen MR) is 85.9 cm³/mol. The molecule has 1 atom stereocenters. The summed E-state index contributed by atoms with van der Waals surface area (Å²) in [6.45, 7) is 6.50. The van der Waals surface area contributed by atoms with Gasteiger partial charge in [-0.25, -0.2) is 0 Å². The third-order valence-corrected chi connectivity index (χ3v) is 4.25. The lowest BCUT2D eigenvalue weighted by atomic mass is 9.90. The molecule has 2 aromatic carbocycles. The van der Waals surface area contributed by atoms with Gasteiger partial charge in [-0.15, -0.1) is 11.8 Å². The maximum absolute atomic E-state index is 4.26. The molecular weight excluding hydrogens is 248 g/mol. The molecule has 19 heavy (non-hydrogen) atoms. The molecule has 0 aliphatic heterocycles. The van der Waals surface area contributed by atoms with Crippen LogP contribution < -0.4 is 0 Å². The summed E-state index contributed by atoms with van der Waals surface area (Å²) in [6.07, 6.45) is 3.05. The molecule has 0 aromatic heterocycles. The molecule has 0 amide bonds. The van der Waals surface area contributed by atoms with E-state index in [9.17, 15) is 0 Å². The van der Waals surface area contributed by atoms with Crippen molar-refractivity contribution in [1.82, 2.24) is 0 Å². The van der Waals surface area contributed by atoms with Gasteiger partial charge in [-0.3, -0.25) is 0 Å². The fourth-order valence-corrected chi connectivity index (χ4v) is 2.55. The summed E-state index contributed by atoms with van der Waals surface area (Å²) in [4.78, 5) is 1.31. The van der Waals surface area contributed by atoms with E-state index in [4.69, 9.17) is 0 Å². The Morgan fingerprint density at radius 1 is 1.05 bits per heavy atom. The Bertz CT molecular complexity index is 525.